The Bertz CT molecular complexity index is 698. The molecular formula is C16H20N4O3S. The van der Waals surface area contributed by atoms with Crippen LogP contribution < -0.4 is 10.6 Å². The van der Waals surface area contributed by atoms with Crippen molar-refractivity contribution in [3.8, 4) is 0 Å². The van der Waals surface area contributed by atoms with Gasteiger partial charge in [-0.15, -0.1) is 11.3 Å². The number of benzene rings is 1. The van der Waals surface area contributed by atoms with Crippen molar-refractivity contribution < 1.29 is 9.72 Å². The Morgan fingerprint density at radius 1 is 1.33 bits per heavy atom. The molecule has 0 saturated carbocycles. The van der Waals surface area contributed by atoms with E-state index >= 15 is 0 Å². The zero-order chi connectivity index (χ0) is 17.5. The maximum atomic E-state index is 11.9. The summed E-state index contributed by atoms with van der Waals surface area (Å²) >= 11 is 1.43. The number of nitrogens with zero attached hydrogens (tertiary/aromatic N) is 2. The zero-order valence-electron chi connectivity index (χ0n) is 13.6. The van der Waals surface area contributed by atoms with Gasteiger partial charge in [-0.25, -0.2) is 4.98 Å². The van der Waals surface area contributed by atoms with E-state index in [-0.39, 0.29) is 11.6 Å². The summed E-state index contributed by atoms with van der Waals surface area (Å²) in [6.07, 6.45) is 1.04. The lowest BCUT2D eigenvalue weighted by Gasteiger charge is -2.06. The molecule has 2 N–H and O–H groups in total. The van der Waals surface area contributed by atoms with E-state index in [4.69, 9.17) is 0 Å². The highest BCUT2D eigenvalue weighted by atomic mass is 32.1. The molecule has 0 saturated heterocycles. The number of hydrogen-bond donors (Lipinski definition) is 2. The highest BCUT2D eigenvalue weighted by molar-refractivity contribution is 7.13. The molecule has 0 aliphatic heterocycles. The first-order valence-corrected chi connectivity index (χ1v) is 8.57. The van der Waals surface area contributed by atoms with Gasteiger partial charge in [0.25, 0.3) is 5.69 Å². The average molecular weight is 348 g/mol. The summed E-state index contributed by atoms with van der Waals surface area (Å²) in [5, 5.41) is 19.1. The normalized spacial score (nSPS) is 10.6. The number of nitrogens with one attached hydrogen (secondary N) is 2. The van der Waals surface area contributed by atoms with Gasteiger partial charge in [0.2, 0.25) is 5.91 Å². The molecule has 7 nitrogen and oxygen atoms in total. The number of hydrogen-bond acceptors (Lipinski definition) is 6. The Kier molecular flexibility index (Phi) is 6.25. The molecule has 0 bridgehead atoms. The van der Waals surface area contributed by atoms with E-state index in [9.17, 15) is 14.9 Å². The minimum atomic E-state index is -0.433. The van der Waals surface area contributed by atoms with E-state index in [0.717, 1.165) is 11.4 Å². The third kappa shape index (κ3) is 5.31. The molecule has 0 fully saturated rings. The van der Waals surface area contributed by atoms with Crippen LogP contribution in [0.25, 0.3) is 0 Å². The zero-order valence-corrected chi connectivity index (χ0v) is 14.4. The molecule has 128 valence electrons. The maximum Gasteiger partial charge on any atom is 0.269 e. The molecule has 0 spiro atoms. The fourth-order valence-electron chi connectivity index (χ4n) is 1.97. The molecule has 24 heavy (non-hydrogen) atoms. The maximum absolute atomic E-state index is 11.9. The molecule has 2 aromatic rings. The Morgan fingerprint density at radius 3 is 2.62 bits per heavy atom. The van der Waals surface area contributed by atoms with Crippen molar-refractivity contribution in [2.75, 3.05) is 17.2 Å². The fraction of sp³-hybridized carbons (Fsp3) is 0.375. The Hall–Kier alpha value is -2.48. The summed E-state index contributed by atoms with van der Waals surface area (Å²) in [5.74, 6) is 0.281. The van der Waals surface area contributed by atoms with E-state index < -0.39 is 4.92 Å². The van der Waals surface area contributed by atoms with Crippen molar-refractivity contribution in [3.63, 3.8) is 0 Å². The highest BCUT2D eigenvalue weighted by Gasteiger charge is 2.09. The molecule has 1 aromatic carbocycles. The predicted octanol–water partition coefficient (Wildman–Crippen LogP) is 4.01. The second-order valence-corrected chi connectivity index (χ2v) is 6.47. The number of rotatable bonds is 8. The van der Waals surface area contributed by atoms with Crippen LogP contribution in [0.1, 0.15) is 38.3 Å². The van der Waals surface area contributed by atoms with Crippen molar-refractivity contribution in [3.05, 3.63) is 45.5 Å². The SMILES string of the molecule is CC(C)c1csc(NC(=O)CCCNc2ccc([N+](=O)[O-])cc2)n1. The first-order valence-electron chi connectivity index (χ1n) is 7.69. The minimum Gasteiger partial charge on any atom is -0.385 e. The third-order valence-corrected chi connectivity index (χ3v) is 4.12. The third-order valence-electron chi connectivity index (χ3n) is 3.35. The topological polar surface area (TPSA) is 97.2 Å². The van der Waals surface area contributed by atoms with Gasteiger partial charge in [0, 0.05) is 36.2 Å². The number of nitro groups is 1. The number of anilines is 2. The van der Waals surface area contributed by atoms with Crippen molar-refractivity contribution in [1.82, 2.24) is 4.98 Å². The summed E-state index contributed by atoms with van der Waals surface area (Å²) < 4.78 is 0. The van der Waals surface area contributed by atoms with E-state index in [0.29, 0.717) is 30.4 Å². The number of amides is 1. The number of non-ortho nitro benzene ring substituents is 1. The lowest BCUT2D eigenvalue weighted by molar-refractivity contribution is -0.384. The summed E-state index contributed by atoms with van der Waals surface area (Å²) in [6, 6.07) is 6.20. The molecule has 1 amide bonds. The van der Waals surface area contributed by atoms with Crippen LogP contribution in [0.4, 0.5) is 16.5 Å². The van der Waals surface area contributed by atoms with Crippen LogP contribution in [-0.2, 0) is 4.79 Å². The number of carbonyl (C=O) groups excluding carboxylic acids is 1. The first-order chi connectivity index (χ1) is 11.5. The second kappa shape index (κ2) is 8.39. The molecular weight excluding hydrogens is 328 g/mol. The number of thiazole rings is 1. The molecule has 1 aromatic heterocycles. The summed E-state index contributed by atoms with van der Waals surface area (Å²) in [4.78, 5) is 26.4. The molecule has 0 aliphatic carbocycles. The van der Waals surface area contributed by atoms with Crippen LogP contribution in [0.15, 0.2) is 29.6 Å². The van der Waals surface area contributed by atoms with Gasteiger partial charge >= 0.3 is 0 Å². The monoisotopic (exact) mass is 348 g/mol. The van der Waals surface area contributed by atoms with Crippen molar-refractivity contribution in [1.29, 1.82) is 0 Å². The highest BCUT2D eigenvalue weighted by Crippen LogP contribution is 2.21. The van der Waals surface area contributed by atoms with Gasteiger partial charge in [-0.2, -0.15) is 0 Å². The lowest BCUT2D eigenvalue weighted by Crippen LogP contribution is -2.13. The Balaban J connectivity index is 1.69. The van der Waals surface area contributed by atoms with Crippen LogP contribution in [0.5, 0.6) is 0 Å². The molecule has 1 heterocycles. The number of aromatic nitrogens is 1. The molecule has 0 aliphatic rings. The summed E-state index contributed by atoms with van der Waals surface area (Å²) in [5.41, 5.74) is 1.83. The molecule has 2 rings (SSSR count). The van der Waals surface area contributed by atoms with Gasteiger partial charge in [0.1, 0.15) is 0 Å². The van der Waals surface area contributed by atoms with Crippen molar-refractivity contribution in [2.24, 2.45) is 0 Å². The van der Waals surface area contributed by atoms with Crippen molar-refractivity contribution in [2.45, 2.75) is 32.6 Å². The second-order valence-electron chi connectivity index (χ2n) is 5.61. The minimum absolute atomic E-state index is 0.0594. The number of carbonyl (C=O) groups is 1. The predicted molar refractivity (Wildman–Crippen MR) is 95.7 cm³/mol. The van der Waals surface area contributed by atoms with E-state index in [1.54, 1.807) is 12.1 Å². The molecule has 8 heteroatoms. The van der Waals surface area contributed by atoms with E-state index in [1.807, 2.05) is 5.38 Å². The lowest BCUT2D eigenvalue weighted by atomic mass is 10.2. The summed E-state index contributed by atoms with van der Waals surface area (Å²) in [6.45, 7) is 4.73. The van der Waals surface area contributed by atoms with E-state index in [2.05, 4.69) is 29.5 Å². The van der Waals surface area contributed by atoms with Crippen LogP contribution in [0.3, 0.4) is 0 Å². The molecule has 0 unspecified atom stereocenters. The molecule has 0 atom stereocenters. The smallest absolute Gasteiger partial charge is 0.269 e. The van der Waals surface area contributed by atoms with E-state index in [1.165, 1.54) is 23.5 Å². The fourth-order valence-corrected chi connectivity index (χ4v) is 2.86. The van der Waals surface area contributed by atoms with Crippen LogP contribution in [0.2, 0.25) is 0 Å². The van der Waals surface area contributed by atoms with Crippen LogP contribution in [-0.4, -0.2) is 22.4 Å². The largest absolute Gasteiger partial charge is 0.385 e. The van der Waals surface area contributed by atoms with Gasteiger partial charge in [-0.05, 0) is 24.5 Å². The van der Waals surface area contributed by atoms with Gasteiger partial charge < -0.3 is 10.6 Å². The van der Waals surface area contributed by atoms with Crippen LogP contribution >= 0.6 is 11.3 Å². The summed E-state index contributed by atoms with van der Waals surface area (Å²) in [7, 11) is 0. The van der Waals surface area contributed by atoms with Gasteiger partial charge in [-0.3, -0.25) is 14.9 Å². The van der Waals surface area contributed by atoms with Gasteiger partial charge in [0.15, 0.2) is 5.13 Å². The average Bonchev–Trinajstić information content (AvgIpc) is 3.00. The quantitative estimate of drug-likeness (QED) is 0.427. The van der Waals surface area contributed by atoms with Crippen molar-refractivity contribution >= 4 is 33.8 Å². The van der Waals surface area contributed by atoms with Crippen LogP contribution in [0, 0.1) is 10.1 Å². The number of nitro benzene ring substituents is 1. The molecule has 0 radical (unpaired) electrons. The Morgan fingerprint density at radius 2 is 2.04 bits per heavy atom. The first kappa shape index (κ1) is 17.9. The van der Waals surface area contributed by atoms with Gasteiger partial charge in [0.05, 0.1) is 10.6 Å². The van der Waals surface area contributed by atoms with Gasteiger partial charge in [-0.1, -0.05) is 13.8 Å². The standard InChI is InChI=1S/C16H20N4O3S/c1-11(2)14-10-24-16(18-14)19-15(21)4-3-9-17-12-5-7-13(8-6-12)20(22)23/h5-8,10-11,17H,3-4,9H2,1-2H3,(H,18,19,21). The Labute approximate surface area is 144 Å².